The minimum absolute atomic E-state index is 0.119. The fourth-order valence-electron chi connectivity index (χ4n) is 1.58. The average molecular weight is 351 g/mol. The third kappa shape index (κ3) is 7.17. The van der Waals surface area contributed by atoms with Crippen LogP contribution in [0.25, 0.3) is 0 Å². The second-order valence-corrected chi connectivity index (χ2v) is 6.56. The first-order chi connectivity index (χ1) is 10.7. The monoisotopic (exact) mass is 351 g/mol. The van der Waals surface area contributed by atoms with E-state index in [-0.39, 0.29) is 6.61 Å². The Morgan fingerprint density at radius 3 is 2.39 bits per heavy atom. The Kier molecular flexibility index (Phi) is 7.77. The Bertz CT molecular complexity index is 538. The number of halogens is 1. The van der Waals surface area contributed by atoms with Gasteiger partial charge in [-0.2, -0.15) is 0 Å². The van der Waals surface area contributed by atoms with E-state index in [2.05, 4.69) is 5.16 Å². The molecule has 0 radical (unpaired) electrons. The van der Waals surface area contributed by atoms with Gasteiger partial charge in [-0.1, -0.05) is 35.5 Å². The predicted octanol–water partition coefficient (Wildman–Crippen LogP) is 0.135. The molecule has 0 amide bonds. The number of benzene rings is 1. The molecule has 0 aliphatic rings. The molecule has 130 valence electrons. The summed E-state index contributed by atoms with van der Waals surface area (Å²) in [6, 6.07) is 8.99. The number of oxime groups is 1. The van der Waals surface area contributed by atoms with E-state index in [9.17, 15) is 24.3 Å². The summed E-state index contributed by atoms with van der Waals surface area (Å²) in [5, 5.41) is 32.0. The van der Waals surface area contributed by atoms with Crippen molar-refractivity contribution >= 4 is 13.8 Å². The van der Waals surface area contributed by atoms with E-state index in [4.69, 9.17) is 14.6 Å². The lowest BCUT2D eigenvalue weighted by molar-refractivity contribution is -0.0420. The molecule has 0 fully saturated rings. The zero-order valence-electron chi connectivity index (χ0n) is 12.0. The highest BCUT2D eigenvalue weighted by molar-refractivity contribution is 7.52. The molecular formula is C13H19FNO7P. The average Bonchev–Trinajstić information content (AvgIpc) is 2.50. The van der Waals surface area contributed by atoms with Gasteiger partial charge < -0.3 is 29.9 Å². The molecule has 5 N–H and O–H groups in total. The summed E-state index contributed by atoms with van der Waals surface area (Å²) in [6.07, 6.45) is -5.68. The van der Waals surface area contributed by atoms with Gasteiger partial charge in [0, 0.05) is 6.42 Å². The number of rotatable bonds is 9. The van der Waals surface area contributed by atoms with Gasteiger partial charge in [0.05, 0.1) is 12.3 Å². The minimum atomic E-state index is -5.02. The molecule has 8 nitrogen and oxygen atoms in total. The first-order valence-electron chi connectivity index (χ1n) is 6.64. The smallest absolute Gasteiger partial charge is 0.359 e. The molecule has 1 aromatic rings. The maximum absolute atomic E-state index is 13.1. The summed E-state index contributed by atoms with van der Waals surface area (Å²) >= 11 is 0. The highest BCUT2D eigenvalue weighted by Gasteiger charge is 2.34. The third-order valence-electron chi connectivity index (χ3n) is 2.91. The predicted molar refractivity (Wildman–Crippen MR) is 79.3 cm³/mol. The number of nitrogens with zero attached hydrogens (tertiary/aromatic N) is 1. The lowest BCUT2D eigenvalue weighted by Gasteiger charge is -2.21. The molecule has 1 unspecified atom stereocenters. The molecule has 0 aliphatic carbocycles. The minimum Gasteiger partial charge on any atom is -0.391 e. The largest absolute Gasteiger partial charge is 0.391 e. The van der Waals surface area contributed by atoms with Crippen LogP contribution in [0, 0.1) is 0 Å². The van der Waals surface area contributed by atoms with Crippen molar-refractivity contribution in [2.24, 2.45) is 5.16 Å². The standard InChI is InChI=1S/C13H19FNO7P/c14-12(23(19,20)21)6-10(16)13(18)11(17)7-15-22-8-9-4-2-1-3-5-9/h1-5,7,10-13,16-18H,6,8H2,(H2,19,20,21)/t10-,11-,12?,13-/m1/s1. The summed E-state index contributed by atoms with van der Waals surface area (Å²) in [4.78, 5) is 22.0. The van der Waals surface area contributed by atoms with Crippen LogP contribution < -0.4 is 0 Å². The summed E-state index contributed by atoms with van der Waals surface area (Å²) < 4.78 is 23.7. The molecule has 1 rings (SSSR count). The van der Waals surface area contributed by atoms with E-state index in [1.165, 1.54) is 0 Å². The van der Waals surface area contributed by atoms with Crippen LogP contribution >= 0.6 is 7.60 Å². The second kappa shape index (κ2) is 9.07. The Morgan fingerprint density at radius 1 is 1.22 bits per heavy atom. The fraction of sp³-hybridized carbons (Fsp3) is 0.462. The van der Waals surface area contributed by atoms with E-state index in [0.717, 1.165) is 11.8 Å². The molecule has 4 atom stereocenters. The zero-order chi connectivity index (χ0) is 17.5. The first kappa shape index (κ1) is 19.7. The Hall–Kier alpha value is -1.35. The van der Waals surface area contributed by atoms with E-state index < -0.39 is 38.2 Å². The maximum atomic E-state index is 13.1. The van der Waals surface area contributed by atoms with Crippen molar-refractivity contribution in [1.29, 1.82) is 0 Å². The van der Waals surface area contributed by atoms with Crippen LogP contribution in [0.1, 0.15) is 12.0 Å². The summed E-state index contributed by atoms with van der Waals surface area (Å²) in [7, 11) is -5.02. The normalized spacial score (nSPS) is 17.7. The fourth-order valence-corrected chi connectivity index (χ4v) is 2.07. The lowest BCUT2D eigenvalue weighted by Crippen LogP contribution is -2.39. The van der Waals surface area contributed by atoms with E-state index >= 15 is 0 Å². The van der Waals surface area contributed by atoms with Crippen LogP contribution in [0.4, 0.5) is 4.39 Å². The van der Waals surface area contributed by atoms with Crippen LogP contribution in [0.15, 0.2) is 35.5 Å². The summed E-state index contributed by atoms with van der Waals surface area (Å²) in [6.45, 7) is 0.119. The molecule has 0 saturated carbocycles. The van der Waals surface area contributed by atoms with Crippen LogP contribution in [-0.2, 0) is 16.0 Å². The van der Waals surface area contributed by atoms with Crippen molar-refractivity contribution in [3.8, 4) is 0 Å². The van der Waals surface area contributed by atoms with E-state index in [1.807, 2.05) is 6.07 Å². The highest BCUT2D eigenvalue weighted by atomic mass is 31.2. The Morgan fingerprint density at radius 2 is 1.83 bits per heavy atom. The quantitative estimate of drug-likeness (QED) is 0.242. The van der Waals surface area contributed by atoms with Crippen molar-refractivity contribution in [2.45, 2.75) is 37.3 Å². The van der Waals surface area contributed by atoms with Gasteiger partial charge in [0.15, 0.2) is 0 Å². The number of aliphatic hydroxyl groups excluding tert-OH is 3. The van der Waals surface area contributed by atoms with Crippen molar-refractivity contribution < 1.29 is 38.9 Å². The van der Waals surface area contributed by atoms with Crippen molar-refractivity contribution in [2.75, 3.05) is 0 Å². The van der Waals surface area contributed by atoms with Gasteiger partial charge in [0.2, 0.25) is 5.91 Å². The van der Waals surface area contributed by atoms with Crippen LogP contribution in [-0.4, -0.2) is 55.5 Å². The first-order valence-corrected chi connectivity index (χ1v) is 8.33. The maximum Gasteiger partial charge on any atom is 0.359 e. The second-order valence-electron chi connectivity index (χ2n) is 4.82. The summed E-state index contributed by atoms with van der Waals surface area (Å²) in [5.74, 6) is -2.63. The summed E-state index contributed by atoms with van der Waals surface area (Å²) in [5.41, 5.74) is 0.821. The third-order valence-corrected chi connectivity index (χ3v) is 3.85. The van der Waals surface area contributed by atoms with Crippen molar-refractivity contribution in [1.82, 2.24) is 0 Å². The highest BCUT2D eigenvalue weighted by Crippen LogP contribution is 2.44. The Balaban J connectivity index is 2.41. The molecular weight excluding hydrogens is 332 g/mol. The zero-order valence-corrected chi connectivity index (χ0v) is 12.9. The molecule has 0 aromatic heterocycles. The molecule has 1 aromatic carbocycles. The van der Waals surface area contributed by atoms with Crippen LogP contribution in [0.3, 0.4) is 0 Å². The number of aliphatic hydroxyl groups is 3. The Labute approximate surface area is 132 Å². The van der Waals surface area contributed by atoms with Gasteiger partial charge in [0.25, 0.3) is 0 Å². The lowest BCUT2D eigenvalue weighted by atomic mass is 10.1. The molecule has 0 aliphatic heterocycles. The topological polar surface area (TPSA) is 140 Å². The molecule has 0 saturated heterocycles. The number of hydrogen-bond donors (Lipinski definition) is 5. The van der Waals surface area contributed by atoms with E-state index in [0.29, 0.717) is 0 Å². The SMILES string of the molecule is O=P(O)(O)C(F)C[C@@H](O)[C@@H](O)[C@H](O)C=NOCc1ccccc1. The molecule has 23 heavy (non-hydrogen) atoms. The molecule has 0 spiro atoms. The molecule has 0 heterocycles. The van der Waals surface area contributed by atoms with Crippen LogP contribution in [0.5, 0.6) is 0 Å². The van der Waals surface area contributed by atoms with Crippen molar-refractivity contribution in [3.63, 3.8) is 0 Å². The van der Waals surface area contributed by atoms with Gasteiger partial charge in [-0.3, -0.25) is 4.57 Å². The van der Waals surface area contributed by atoms with Gasteiger partial charge >= 0.3 is 7.60 Å². The number of alkyl halides is 1. The molecule has 10 heteroatoms. The van der Waals surface area contributed by atoms with Crippen molar-refractivity contribution in [3.05, 3.63) is 35.9 Å². The van der Waals surface area contributed by atoms with E-state index in [1.54, 1.807) is 24.3 Å². The van der Waals surface area contributed by atoms with Gasteiger partial charge in [0.1, 0.15) is 18.8 Å². The van der Waals surface area contributed by atoms with Gasteiger partial charge in [-0.25, -0.2) is 4.39 Å². The number of hydrogen-bond acceptors (Lipinski definition) is 6. The molecule has 0 bridgehead atoms. The van der Waals surface area contributed by atoms with Gasteiger partial charge in [-0.15, -0.1) is 0 Å². The van der Waals surface area contributed by atoms with Gasteiger partial charge in [-0.05, 0) is 5.56 Å². The van der Waals surface area contributed by atoms with Crippen LogP contribution in [0.2, 0.25) is 0 Å².